The highest BCUT2D eigenvalue weighted by Gasteiger charge is 2.23. The van der Waals surface area contributed by atoms with E-state index in [1.807, 2.05) is 0 Å². The van der Waals surface area contributed by atoms with Gasteiger partial charge in [-0.3, -0.25) is 0 Å². The molecule has 0 atom stereocenters. The molecule has 0 radical (unpaired) electrons. The van der Waals surface area contributed by atoms with Gasteiger partial charge in [-0.15, -0.1) is 17.0 Å². The minimum absolute atomic E-state index is 0. The Kier molecular flexibility index (Phi) is 4.90. The van der Waals surface area contributed by atoms with Crippen molar-refractivity contribution in [3.63, 3.8) is 0 Å². The van der Waals surface area contributed by atoms with E-state index in [1.165, 1.54) is 16.0 Å². The molecule has 0 saturated carbocycles. The summed E-state index contributed by atoms with van der Waals surface area (Å²) in [6.45, 7) is 0. The van der Waals surface area contributed by atoms with Crippen molar-refractivity contribution >= 4 is 73.9 Å². The molecule has 2 nitrogen and oxygen atoms in total. The second-order valence-corrected chi connectivity index (χ2v) is 7.22. The van der Waals surface area contributed by atoms with E-state index in [0.29, 0.717) is 20.8 Å². The van der Waals surface area contributed by atoms with E-state index in [4.69, 9.17) is 34.8 Å². The summed E-state index contributed by atoms with van der Waals surface area (Å²) in [5.74, 6) is 0. The number of rotatable bonds is 2. The van der Waals surface area contributed by atoms with Crippen molar-refractivity contribution in [2.75, 3.05) is 5.32 Å². The summed E-state index contributed by atoms with van der Waals surface area (Å²) in [5.41, 5.74) is 4.40. The van der Waals surface area contributed by atoms with Crippen molar-refractivity contribution in [1.82, 2.24) is 4.98 Å². The van der Waals surface area contributed by atoms with Gasteiger partial charge in [0.05, 0.1) is 31.3 Å². The standard InChI is InChI=1S/C16H9Cl3N2S.BrH/c17-10-6-12(19)13(7-11(10)18)20-16-21-14-5-8-3-1-2-4-9(8)15(14)22-16;/h1-4,6-7H,5H2,(H,20,21);1H. The van der Waals surface area contributed by atoms with Crippen molar-refractivity contribution < 1.29 is 0 Å². The van der Waals surface area contributed by atoms with Crippen molar-refractivity contribution in [3.05, 3.63) is 62.7 Å². The molecule has 2 aromatic carbocycles. The fourth-order valence-corrected chi connectivity index (χ4v) is 4.19. The molecular weight excluding hydrogens is 439 g/mol. The number of thiazole rings is 1. The van der Waals surface area contributed by atoms with Gasteiger partial charge in [0.25, 0.3) is 0 Å². The Hall–Kier alpha value is -0.780. The minimum Gasteiger partial charge on any atom is -0.330 e. The molecule has 118 valence electrons. The highest BCUT2D eigenvalue weighted by Crippen LogP contribution is 2.43. The summed E-state index contributed by atoms with van der Waals surface area (Å²) < 4.78 is 0. The van der Waals surface area contributed by atoms with Crippen molar-refractivity contribution in [2.24, 2.45) is 0 Å². The van der Waals surface area contributed by atoms with Gasteiger partial charge < -0.3 is 5.32 Å². The Morgan fingerprint density at radius 2 is 1.74 bits per heavy atom. The Morgan fingerprint density at radius 3 is 2.57 bits per heavy atom. The highest BCUT2D eigenvalue weighted by molar-refractivity contribution is 8.93. The third kappa shape index (κ3) is 3.11. The number of anilines is 2. The third-order valence-corrected chi connectivity index (χ3v) is 5.65. The molecule has 0 saturated heterocycles. The zero-order valence-corrected chi connectivity index (χ0v) is 16.4. The van der Waals surface area contributed by atoms with Crippen LogP contribution in [-0.4, -0.2) is 4.98 Å². The maximum atomic E-state index is 6.20. The van der Waals surface area contributed by atoms with Crippen LogP contribution in [0, 0.1) is 0 Å². The van der Waals surface area contributed by atoms with Crippen molar-refractivity contribution in [2.45, 2.75) is 6.42 Å². The largest absolute Gasteiger partial charge is 0.330 e. The van der Waals surface area contributed by atoms with Gasteiger partial charge in [-0.1, -0.05) is 70.4 Å². The molecule has 3 aromatic rings. The SMILES string of the molecule is Br.Clc1cc(Cl)c(Nc2nc3c(s2)-c2ccccc2C3)cc1Cl. The Labute approximate surface area is 163 Å². The number of benzene rings is 2. The van der Waals surface area contributed by atoms with Crippen molar-refractivity contribution in [3.8, 4) is 10.4 Å². The fraction of sp³-hybridized carbons (Fsp3) is 0.0625. The molecule has 4 rings (SSSR count). The van der Waals surface area contributed by atoms with Gasteiger partial charge in [-0.2, -0.15) is 0 Å². The smallest absolute Gasteiger partial charge is 0.188 e. The monoisotopic (exact) mass is 446 g/mol. The second kappa shape index (κ2) is 6.61. The summed E-state index contributed by atoms with van der Waals surface area (Å²) in [7, 11) is 0. The van der Waals surface area contributed by atoms with Gasteiger partial charge in [0.1, 0.15) is 0 Å². The summed E-state index contributed by atoms with van der Waals surface area (Å²) >= 11 is 19.8. The normalized spacial score (nSPS) is 11.6. The summed E-state index contributed by atoms with van der Waals surface area (Å²) in [4.78, 5) is 5.88. The molecule has 0 bridgehead atoms. The zero-order chi connectivity index (χ0) is 15.3. The maximum Gasteiger partial charge on any atom is 0.188 e. The molecule has 0 spiro atoms. The topological polar surface area (TPSA) is 24.9 Å². The Bertz CT molecular complexity index is 895. The number of nitrogens with one attached hydrogen (secondary N) is 1. The predicted molar refractivity (Wildman–Crippen MR) is 105 cm³/mol. The van der Waals surface area contributed by atoms with Crippen molar-refractivity contribution in [1.29, 1.82) is 0 Å². The van der Waals surface area contributed by atoms with Gasteiger partial charge in [-0.25, -0.2) is 4.98 Å². The van der Waals surface area contributed by atoms with Crippen LogP contribution < -0.4 is 5.32 Å². The first-order valence-electron chi connectivity index (χ1n) is 6.61. The minimum atomic E-state index is 0. The average Bonchev–Trinajstić information content (AvgIpc) is 3.02. The zero-order valence-electron chi connectivity index (χ0n) is 11.6. The molecule has 7 heteroatoms. The molecule has 0 unspecified atom stereocenters. The number of aromatic nitrogens is 1. The Morgan fingerprint density at radius 1 is 1.00 bits per heavy atom. The van der Waals surface area contributed by atoms with E-state index in [-0.39, 0.29) is 17.0 Å². The number of hydrogen-bond donors (Lipinski definition) is 1. The van der Waals surface area contributed by atoms with Crippen LogP contribution in [0.5, 0.6) is 0 Å². The van der Waals surface area contributed by atoms with Gasteiger partial charge in [-0.05, 0) is 23.3 Å². The lowest BCUT2D eigenvalue weighted by atomic mass is 10.1. The molecule has 0 amide bonds. The van der Waals surface area contributed by atoms with Crippen LogP contribution in [0.25, 0.3) is 10.4 Å². The van der Waals surface area contributed by atoms with Gasteiger partial charge >= 0.3 is 0 Å². The summed E-state index contributed by atoms with van der Waals surface area (Å²) in [6, 6.07) is 11.7. The highest BCUT2D eigenvalue weighted by atomic mass is 79.9. The third-order valence-electron chi connectivity index (χ3n) is 3.57. The first kappa shape index (κ1) is 17.1. The molecule has 1 aliphatic carbocycles. The van der Waals surface area contributed by atoms with Crippen LogP contribution in [0.1, 0.15) is 11.3 Å². The van der Waals surface area contributed by atoms with E-state index >= 15 is 0 Å². The predicted octanol–water partition coefficient (Wildman–Crippen LogP) is 7.00. The molecule has 23 heavy (non-hydrogen) atoms. The van der Waals surface area contributed by atoms with E-state index in [1.54, 1.807) is 23.5 Å². The summed E-state index contributed by atoms with van der Waals surface area (Å²) in [5, 5.41) is 5.46. The van der Waals surface area contributed by atoms with Gasteiger partial charge in [0, 0.05) is 6.42 Å². The van der Waals surface area contributed by atoms with Gasteiger partial charge in [0.15, 0.2) is 5.13 Å². The van der Waals surface area contributed by atoms with Crippen LogP contribution in [0.2, 0.25) is 15.1 Å². The van der Waals surface area contributed by atoms with Gasteiger partial charge in [0.2, 0.25) is 0 Å². The molecule has 1 N–H and O–H groups in total. The molecule has 0 aliphatic heterocycles. The maximum absolute atomic E-state index is 6.20. The number of nitrogens with zero attached hydrogens (tertiary/aromatic N) is 1. The first-order chi connectivity index (χ1) is 10.6. The lowest BCUT2D eigenvalue weighted by Gasteiger charge is -2.07. The Balaban J connectivity index is 0.00000156. The number of hydrogen-bond acceptors (Lipinski definition) is 3. The average molecular weight is 449 g/mol. The first-order valence-corrected chi connectivity index (χ1v) is 8.56. The lowest BCUT2D eigenvalue weighted by Crippen LogP contribution is -1.92. The van der Waals surface area contributed by atoms with Crippen LogP contribution in [0.4, 0.5) is 10.8 Å². The molecule has 0 fully saturated rings. The quantitative estimate of drug-likeness (QED) is 0.334. The van der Waals surface area contributed by atoms with Crippen LogP contribution >= 0.6 is 63.1 Å². The number of halogens is 4. The fourth-order valence-electron chi connectivity index (χ4n) is 2.55. The van der Waals surface area contributed by atoms with Crippen LogP contribution in [0.15, 0.2) is 36.4 Å². The van der Waals surface area contributed by atoms with E-state index in [9.17, 15) is 0 Å². The van der Waals surface area contributed by atoms with E-state index < -0.39 is 0 Å². The summed E-state index contributed by atoms with van der Waals surface area (Å²) in [6.07, 6.45) is 0.874. The van der Waals surface area contributed by atoms with E-state index in [2.05, 4.69) is 34.6 Å². The second-order valence-electron chi connectivity index (χ2n) is 5.00. The molecule has 1 aliphatic rings. The van der Waals surface area contributed by atoms with E-state index in [0.717, 1.165) is 17.2 Å². The molecule has 1 aromatic heterocycles. The molecule has 1 heterocycles. The lowest BCUT2D eigenvalue weighted by molar-refractivity contribution is 1.15. The van der Waals surface area contributed by atoms with Crippen LogP contribution in [-0.2, 0) is 6.42 Å². The van der Waals surface area contributed by atoms with Crippen LogP contribution in [0.3, 0.4) is 0 Å². The molecular formula is C16H10BrCl3N2S. The number of fused-ring (bicyclic) bond motifs is 3.